The molecule has 2 rings (SSSR count). The fourth-order valence-corrected chi connectivity index (χ4v) is 4.21. The molecule has 0 aliphatic carbocycles. The van der Waals surface area contributed by atoms with Gasteiger partial charge in [-0.3, -0.25) is 9.98 Å². The van der Waals surface area contributed by atoms with Crippen molar-refractivity contribution in [1.29, 1.82) is 0 Å². The van der Waals surface area contributed by atoms with E-state index < -0.39 is 10.0 Å². The zero-order valence-corrected chi connectivity index (χ0v) is 20.5. The number of benzene rings is 1. The Balaban J connectivity index is 0.00000420. The van der Waals surface area contributed by atoms with Crippen LogP contribution in [0.25, 0.3) is 0 Å². The Labute approximate surface area is 194 Å². The first kappa shape index (κ1) is 25.7. The van der Waals surface area contributed by atoms with Crippen molar-refractivity contribution in [3.8, 4) is 0 Å². The predicted molar refractivity (Wildman–Crippen MR) is 131 cm³/mol. The molecule has 0 aliphatic rings. The van der Waals surface area contributed by atoms with E-state index in [0.29, 0.717) is 24.3 Å². The van der Waals surface area contributed by atoms with Crippen molar-refractivity contribution >= 4 is 51.7 Å². The molecule has 0 bridgehead atoms. The molecule has 1 atom stereocenters. The Kier molecular flexibility index (Phi) is 12.2. The van der Waals surface area contributed by atoms with Crippen molar-refractivity contribution in [3.05, 3.63) is 54.9 Å². The van der Waals surface area contributed by atoms with E-state index >= 15 is 0 Å². The number of pyridine rings is 1. The van der Waals surface area contributed by atoms with Gasteiger partial charge in [-0.2, -0.15) is 0 Å². The topological polar surface area (TPSA) is 95.5 Å². The monoisotopic (exact) mass is 549 g/mol. The molecule has 2 aromatic rings. The van der Waals surface area contributed by atoms with Crippen LogP contribution in [0.15, 0.2) is 69.6 Å². The van der Waals surface area contributed by atoms with Crippen molar-refractivity contribution < 1.29 is 8.42 Å². The van der Waals surface area contributed by atoms with E-state index in [2.05, 4.69) is 44.4 Å². The van der Waals surface area contributed by atoms with Gasteiger partial charge in [0.2, 0.25) is 10.0 Å². The van der Waals surface area contributed by atoms with Gasteiger partial charge in [-0.05, 0) is 31.2 Å². The number of hydrogen-bond donors (Lipinski definition) is 3. The van der Waals surface area contributed by atoms with Gasteiger partial charge in [-0.15, -0.1) is 35.7 Å². The Morgan fingerprint density at radius 3 is 2.55 bits per heavy atom. The van der Waals surface area contributed by atoms with Crippen molar-refractivity contribution in [1.82, 2.24) is 20.3 Å². The third kappa shape index (κ3) is 9.79. The maximum atomic E-state index is 12.2. The van der Waals surface area contributed by atoms with Crippen LogP contribution in [0.5, 0.6) is 0 Å². The van der Waals surface area contributed by atoms with Gasteiger partial charge in [0.05, 0.1) is 6.54 Å². The summed E-state index contributed by atoms with van der Waals surface area (Å²) in [5.41, 5.74) is 0. The number of halogens is 1. The Bertz CT molecular complexity index is 836. The van der Waals surface area contributed by atoms with E-state index in [1.807, 2.05) is 25.1 Å². The molecule has 7 nitrogen and oxygen atoms in total. The van der Waals surface area contributed by atoms with Crippen LogP contribution in [0, 0.1) is 0 Å². The third-order valence-corrected chi connectivity index (χ3v) is 6.13. The van der Waals surface area contributed by atoms with Gasteiger partial charge >= 0.3 is 0 Å². The first-order valence-corrected chi connectivity index (χ1v) is 11.5. The quantitative estimate of drug-likeness (QED) is 0.139. The van der Waals surface area contributed by atoms with Crippen LogP contribution >= 0.6 is 35.7 Å². The van der Waals surface area contributed by atoms with Gasteiger partial charge in [-0.25, -0.2) is 13.1 Å². The number of aliphatic imine (C=N–C) groups is 1. The molecule has 1 aromatic heterocycles. The van der Waals surface area contributed by atoms with E-state index in [1.54, 1.807) is 17.8 Å². The molecule has 1 aromatic carbocycles. The number of nitrogens with zero attached hydrogens (tertiary/aromatic N) is 2. The predicted octanol–water partition coefficient (Wildman–Crippen LogP) is 2.71. The van der Waals surface area contributed by atoms with Crippen LogP contribution in [0.3, 0.4) is 0 Å². The zero-order valence-electron chi connectivity index (χ0n) is 16.5. The molecular formula is C19H28IN5O2S2. The van der Waals surface area contributed by atoms with Gasteiger partial charge in [0.1, 0.15) is 4.90 Å². The molecule has 160 valence electrons. The fourth-order valence-electron chi connectivity index (χ4n) is 2.29. The molecule has 0 saturated carbocycles. The zero-order chi connectivity index (χ0) is 20.2. The number of hydrogen-bond acceptors (Lipinski definition) is 5. The highest BCUT2D eigenvalue weighted by molar-refractivity contribution is 14.0. The highest BCUT2D eigenvalue weighted by Crippen LogP contribution is 2.22. The lowest BCUT2D eigenvalue weighted by Crippen LogP contribution is -2.41. The molecular weight excluding hydrogens is 521 g/mol. The minimum atomic E-state index is -3.55. The molecule has 0 spiro atoms. The largest absolute Gasteiger partial charge is 0.357 e. The van der Waals surface area contributed by atoms with Gasteiger partial charge in [0.25, 0.3) is 0 Å². The smallest absolute Gasteiger partial charge is 0.242 e. The van der Waals surface area contributed by atoms with E-state index in [4.69, 9.17) is 0 Å². The summed E-state index contributed by atoms with van der Waals surface area (Å²) in [5.74, 6) is 0.670. The molecule has 0 fully saturated rings. The number of rotatable bonds is 10. The maximum Gasteiger partial charge on any atom is 0.242 e. The van der Waals surface area contributed by atoms with Gasteiger partial charge < -0.3 is 10.6 Å². The molecule has 0 amide bonds. The molecule has 0 radical (unpaired) electrons. The van der Waals surface area contributed by atoms with Gasteiger partial charge in [-0.1, -0.05) is 25.1 Å². The second kappa shape index (κ2) is 13.8. The second-order valence-corrected chi connectivity index (χ2v) is 9.25. The number of nitrogens with one attached hydrogen (secondary N) is 3. The van der Waals surface area contributed by atoms with Crippen LogP contribution in [0.2, 0.25) is 0 Å². The van der Waals surface area contributed by atoms with Crippen molar-refractivity contribution in [2.75, 3.05) is 26.2 Å². The summed E-state index contributed by atoms with van der Waals surface area (Å²) in [4.78, 5) is 9.80. The van der Waals surface area contributed by atoms with E-state index in [0.717, 1.165) is 6.54 Å². The minimum Gasteiger partial charge on any atom is -0.357 e. The molecule has 10 heteroatoms. The van der Waals surface area contributed by atoms with Gasteiger partial charge in [0.15, 0.2) is 5.96 Å². The SMILES string of the molecule is CCNC(=NCC(C)Sc1ccccc1)NCCNS(=O)(=O)c1cccnc1.I. The third-order valence-electron chi connectivity index (χ3n) is 3.59. The lowest BCUT2D eigenvalue weighted by Gasteiger charge is -2.14. The highest BCUT2D eigenvalue weighted by Gasteiger charge is 2.12. The fraction of sp³-hybridized carbons (Fsp3) is 0.368. The molecule has 1 heterocycles. The van der Waals surface area contributed by atoms with Crippen LogP contribution in [0.4, 0.5) is 0 Å². The standard InChI is InChI=1S/C19H27N5O2S2.HI/c1-3-21-19(23-14-16(2)27-17-8-5-4-6-9-17)22-12-13-24-28(25,26)18-10-7-11-20-15-18;/h4-11,15-16,24H,3,12-14H2,1-2H3,(H2,21,22,23);1H. The number of sulfonamides is 1. The molecule has 29 heavy (non-hydrogen) atoms. The summed E-state index contributed by atoms with van der Waals surface area (Å²) in [6, 6.07) is 13.3. The summed E-state index contributed by atoms with van der Waals surface area (Å²) in [7, 11) is -3.55. The summed E-state index contributed by atoms with van der Waals surface area (Å²) >= 11 is 1.77. The van der Waals surface area contributed by atoms with Crippen molar-refractivity contribution in [2.45, 2.75) is 28.9 Å². The number of guanidine groups is 1. The van der Waals surface area contributed by atoms with Crippen LogP contribution in [-0.2, 0) is 10.0 Å². The summed E-state index contributed by atoms with van der Waals surface area (Å²) in [6.45, 7) is 6.17. The summed E-state index contributed by atoms with van der Waals surface area (Å²) in [5, 5.41) is 6.65. The van der Waals surface area contributed by atoms with E-state index in [-0.39, 0.29) is 35.4 Å². The highest BCUT2D eigenvalue weighted by atomic mass is 127. The van der Waals surface area contributed by atoms with Crippen LogP contribution in [-0.4, -0.2) is 50.8 Å². The van der Waals surface area contributed by atoms with Crippen molar-refractivity contribution in [2.24, 2.45) is 4.99 Å². The number of aromatic nitrogens is 1. The average Bonchev–Trinajstić information content (AvgIpc) is 2.70. The van der Waals surface area contributed by atoms with Crippen LogP contribution < -0.4 is 15.4 Å². The van der Waals surface area contributed by atoms with E-state index in [9.17, 15) is 8.42 Å². The van der Waals surface area contributed by atoms with Crippen molar-refractivity contribution in [3.63, 3.8) is 0 Å². The molecule has 3 N–H and O–H groups in total. The first-order chi connectivity index (χ1) is 13.5. The lowest BCUT2D eigenvalue weighted by atomic mass is 10.4. The lowest BCUT2D eigenvalue weighted by molar-refractivity contribution is 0.580. The van der Waals surface area contributed by atoms with Gasteiger partial charge in [0, 0.05) is 42.2 Å². The van der Waals surface area contributed by atoms with E-state index in [1.165, 1.54) is 23.4 Å². The summed E-state index contributed by atoms with van der Waals surface area (Å²) < 4.78 is 26.9. The minimum absolute atomic E-state index is 0. The molecule has 0 saturated heterocycles. The number of thioether (sulfide) groups is 1. The summed E-state index contributed by atoms with van der Waals surface area (Å²) in [6.07, 6.45) is 2.86. The first-order valence-electron chi connectivity index (χ1n) is 9.15. The maximum absolute atomic E-state index is 12.2. The average molecular weight is 550 g/mol. The normalized spacial score (nSPS) is 12.7. The molecule has 0 aliphatic heterocycles. The second-order valence-electron chi connectivity index (χ2n) is 5.97. The van der Waals surface area contributed by atoms with Crippen LogP contribution in [0.1, 0.15) is 13.8 Å². The Morgan fingerprint density at radius 1 is 1.14 bits per heavy atom. The molecule has 1 unspecified atom stereocenters. The Hall–Kier alpha value is -1.37. The Morgan fingerprint density at radius 2 is 1.90 bits per heavy atom.